The molecule has 0 radical (unpaired) electrons. The Balaban J connectivity index is 3.03. The summed E-state index contributed by atoms with van der Waals surface area (Å²) in [7, 11) is -2.61. The highest BCUT2D eigenvalue weighted by molar-refractivity contribution is 7.85. The molecule has 1 aromatic rings. The van der Waals surface area contributed by atoms with Crippen molar-refractivity contribution in [2.45, 2.75) is 12.7 Å². The fourth-order valence-corrected chi connectivity index (χ4v) is 1.76. The lowest BCUT2D eigenvalue weighted by Crippen LogP contribution is -2.07. The zero-order chi connectivity index (χ0) is 12.3. The van der Waals surface area contributed by atoms with Crippen molar-refractivity contribution in [2.24, 2.45) is 0 Å². The summed E-state index contributed by atoms with van der Waals surface area (Å²) in [6, 6.07) is 1.36. The van der Waals surface area contributed by atoms with E-state index >= 15 is 0 Å². The van der Waals surface area contributed by atoms with E-state index in [2.05, 4.69) is 9.17 Å². The van der Waals surface area contributed by atoms with Gasteiger partial charge in [0.25, 0.3) is 15.8 Å². The summed E-state index contributed by atoms with van der Waals surface area (Å²) < 4.78 is 26.5. The minimum absolute atomic E-state index is 0.140. The van der Waals surface area contributed by atoms with Gasteiger partial charge in [0.15, 0.2) is 0 Å². The van der Waals surface area contributed by atoms with Gasteiger partial charge in [-0.1, -0.05) is 0 Å². The van der Waals surface area contributed by atoms with Crippen LogP contribution in [0.2, 0.25) is 0 Å². The predicted octanol–water partition coefficient (Wildman–Crippen LogP) is 0.774. The second-order valence-electron chi connectivity index (χ2n) is 3.09. The van der Waals surface area contributed by atoms with Crippen molar-refractivity contribution in [1.29, 1.82) is 0 Å². The number of rotatable bonds is 4. The lowest BCUT2D eigenvalue weighted by atomic mass is 10.2. The van der Waals surface area contributed by atoms with Crippen LogP contribution < -0.4 is 0 Å². The smallest absolute Gasteiger partial charge is 0.273 e. The van der Waals surface area contributed by atoms with E-state index in [4.69, 9.17) is 0 Å². The zero-order valence-corrected chi connectivity index (χ0v) is 9.52. The summed E-state index contributed by atoms with van der Waals surface area (Å²) in [6.45, 7) is 1.52. The van der Waals surface area contributed by atoms with E-state index in [0.29, 0.717) is 5.56 Å². The van der Waals surface area contributed by atoms with Gasteiger partial charge in [0.2, 0.25) is 0 Å². The molecule has 0 amide bonds. The van der Waals surface area contributed by atoms with Crippen molar-refractivity contribution >= 4 is 15.8 Å². The van der Waals surface area contributed by atoms with Gasteiger partial charge in [0, 0.05) is 5.56 Å². The van der Waals surface area contributed by atoms with Crippen LogP contribution in [0.5, 0.6) is 0 Å². The molecule has 0 fully saturated rings. The normalized spacial score (nSPS) is 11.4. The first-order valence-corrected chi connectivity index (χ1v) is 5.81. The van der Waals surface area contributed by atoms with E-state index in [1.54, 1.807) is 0 Å². The number of nitrogens with zero attached hydrogens (tertiary/aromatic N) is 2. The highest BCUT2D eigenvalue weighted by Gasteiger charge is 2.15. The van der Waals surface area contributed by atoms with Crippen molar-refractivity contribution in [3.63, 3.8) is 0 Å². The Morgan fingerprint density at radius 3 is 2.62 bits per heavy atom. The standard InChI is InChI=1S/C8H10N2O5S/c1-6-3-7(5-16(13,14)15-2)9-4-8(6)10(11)12/h3-4H,5H2,1-2H3. The van der Waals surface area contributed by atoms with E-state index in [9.17, 15) is 18.5 Å². The van der Waals surface area contributed by atoms with Gasteiger partial charge in [-0.3, -0.25) is 19.3 Å². The van der Waals surface area contributed by atoms with E-state index in [-0.39, 0.29) is 11.4 Å². The van der Waals surface area contributed by atoms with Crippen LogP contribution in [0.25, 0.3) is 0 Å². The number of hydrogen-bond donors (Lipinski definition) is 0. The predicted molar refractivity (Wildman–Crippen MR) is 55.3 cm³/mol. The molecule has 0 bridgehead atoms. The van der Waals surface area contributed by atoms with Crippen LogP contribution in [0.1, 0.15) is 11.3 Å². The molecule has 0 aromatic carbocycles. The second kappa shape index (κ2) is 4.54. The van der Waals surface area contributed by atoms with Crippen molar-refractivity contribution < 1.29 is 17.5 Å². The minimum atomic E-state index is -3.65. The van der Waals surface area contributed by atoms with E-state index in [1.807, 2.05) is 0 Å². The molecule has 0 unspecified atom stereocenters. The van der Waals surface area contributed by atoms with Crippen molar-refractivity contribution in [3.05, 3.63) is 33.6 Å². The molecule has 1 heterocycles. The fourth-order valence-electron chi connectivity index (χ4n) is 1.12. The van der Waals surface area contributed by atoms with Crippen LogP contribution in [-0.2, 0) is 20.1 Å². The maximum atomic E-state index is 11.1. The number of aromatic nitrogens is 1. The summed E-state index contributed by atoms with van der Waals surface area (Å²) in [4.78, 5) is 13.6. The molecule has 1 rings (SSSR count). The van der Waals surface area contributed by atoms with Crippen LogP contribution in [0.15, 0.2) is 12.3 Å². The number of aryl methyl sites for hydroxylation is 1. The van der Waals surface area contributed by atoms with Crippen molar-refractivity contribution in [2.75, 3.05) is 7.11 Å². The zero-order valence-electron chi connectivity index (χ0n) is 8.71. The Morgan fingerprint density at radius 1 is 1.56 bits per heavy atom. The Labute approximate surface area is 92.3 Å². The van der Waals surface area contributed by atoms with Gasteiger partial charge in [-0.2, -0.15) is 8.42 Å². The van der Waals surface area contributed by atoms with Gasteiger partial charge >= 0.3 is 0 Å². The maximum absolute atomic E-state index is 11.1. The molecular weight excluding hydrogens is 236 g/mol. The summed E-state index contributed by atoms with van der Waals surface area (Å²) in [5.41, 5.74) is 0.435. The molecular formula is C8H10N2O5S. The second-order valence-corrected chi connectivity index (χ2v) is 4.83. The monoisotopic (exact) mass is 246 g/mol. The number of pyridine rings is 1. The lowest BCUT2D eigenvalue weighted by molar-refractivity contribution is -0.385. The van der Waals surface area contributed by atoms with E-state index in [1.165, 1.54) is 13.0 Å². The van der Waals surface area contributed by atoms with Crippen molar-refractivity contribution in [3.8, 4) is 0 Å². The van der Waals surface area contributed by atoms with Crippen LogP contribution in [0.4, 0.5) is 5.69 Å². The molecule has 0 aliphatic rings. The summed E-state index contributed by atoms with van der Waals surface area (Å²) in [5, 5.41) is 10.5. The lowest BCUT2D eigenvalue weighted by Gasteiger charge is -2.02. The molecule has 8 heteroatoms. The van der Waals surface area contributed by atoms with Gasteiger partial charge in [-0.15, -0.1) is 0 Å². The van der Waals surface area contributed by atoms with Crippen LogP contribution in [0, 0.1) is 17.0 Å². The van der Waals surface area contributed by atoms with Crippen LogP contribution >= 0.6 is 0 Å². The van der Waals surface area contributed by atoms with Gasteiger partial charge in [0.05, 0.1) is 17.7 Å². The molecule has 0 N–H and O–H groups in total. The van der Waals surface area contributed by atoms with Gasteiger partial charge < -0.3 is 0 Å². The third-order valence-corrected chi connectivity index (χ3v) is 3.07. The summed E-state index contributed by atoms with van der Waals surface area (Å²) in [5.74, 6) is -0.400. The first-order valence-electron chi connectivity index (χ1n) is 4.24. The topological polar surface area (TPSA) is 99.4 Å². The molecule has 0 saturated carbocycles. The van der Waals surface area contributed by atoms with Gasteiger partial charge in [-0.05, 0) is 13.0 Å². The molecule has 0 atom stereocenters. The Morgan fingerprint density at radius 2 is 2.19 bits per heavy atom. The summed E-state index contributed by atoms with van der Waals surface area (Å²) >= 11 is 0. The first-order chi connectivity index (χ1) is 7.35. The Bertz CT molecular complexity index is 511. The molecule has 0 spiro atoms. The highest BCUT2D eigenvalue weighted by Crippen LogP contribution is 2.17. The minimum Gasteiger partial charge on any atom is -0.273 e. The van der Waals surface area contributed by atoms with Crippen LogP contribution in [-0.4, -0.2) is 25.4 Å². The van der Waals surface area contributed by atoms with Gasteiger partial charge in [-0.25, -0.2) is 0 Å². The third-order valence-electron chi connectivity index (χ3n) is 1.92. The summed E-state index contributed by atoms with van der Waals surface area (Å²) in [6.07, 6.45) is 1.04. The Hall–Kier alpha value is -1.54. The number of nitro groups is 1. The van der Waals surface area contributed by atoms with Crippen LogP contribution in [0.3, 0.4) is 0 Å². The molecule has 0 saturated heterocycles. The van der Waals surface area contributed by atoms with E-state index < -0.39 is 20.8 Å². The maximum Gasteiger partial charge on any atom is 0.290 e. The molecule has 7 nitrogen and oxygen atoms in total. The van der Waals surface area contributed by atoms with Gasteiger partial charge in [0.1, 0.15) is 11.9 Å². The fraction of sp³-hybridized carbons (Fsp3) is 0.375. The van der Waals surface area contributed by atoms with E-state index in [0.717, 1.165) is 13.3 Å². The molecule has 16 heavy (non-hydrogen) atoms. The number of hydrogen-bond acceptors (Lipinski definition) is 6. The average molecular weight is 246 g/mol. The molecule has 0 aliphatic heterocycles. The largest absolute Gasteiger partial charge is 0.290 e. The highest BCUT2D eigenvalue weighted by atomic mass is 32.2. The third kappa shape index (κ3) is 2.97. The SMILES string of the molecule is COS(=O)(=O)Cc1cc(C)c([N+](=O)[O-])cn1. The molecule has 88 valence electrons. The average Bonchev–Trinajstić information content (AvgIpc) is 2.16. The first kappa shape index (κ1) is 12.5. The van der Waals surface area contributed by atoms with Crippen molar-refractivity contribution in [1.82, 2.24) is 4.98 Å². The quantitative estimate of drug-likeness (QED) is 0.442. The molecule has 1 aromatic heterocycles. The Kier molecular flexibility index (Phi) is 3.55. The molecule has 0 aliphatic carbocycles.